The van der Waals surface area contributed by atoms with E-state index in [1.807, 2.05) is 12.1 Å². The highest BCUT2D eigenvalue weighted by atomic mass is 31.1. The molecule has 0 saturated heterocycles. The molecule has 4 rings (SSSR count). The van der Waals surface area contributed by atoms with Crippen molar-refractivity contribution in [2.24, 2.45) is 0 Å². The first kappa shape index (κ1) is 18.5. The standard InChI is InChI=1S/C26H23OP/c1-27-23-18-16-21(17-19-23)20-22-10-8-9-15-26(22)28(24-11-4-2-5-12-24)25-13-6-3-7-14-25/h2-19H,20H2,1H3. The van der Waals surface area contributed by atoms with E-state index in [2.05, 4.69) is 97.1 Å². The summed E-state index contributed by atoms with van der Waals surface area (Å²) in [7, 11) is 1.11. The third-order valence-corrected chi connectivity index (χ3v) is 7.36. The predicted molar refractivity (Wildman–Crippen MR) is 121 cm³/mol. The van der Waals surface area contributed by atoms with Crippen LogP contribution >= 0.6 is 7.92 Å². The fourth-order valence-electron chi connectivity index (χ4n) is 3.42. The first-order chi connectivity index (χ1) is 13.8. The summed E-state index contributed by atoms with van der Waals surface area (Å²) in [4.78, 5) is 0. The molecule has 0 spiro atoms. The van der Waals surface area contributed by atoms with Crippen molar-refractivity contribution in [1.82, 2.24) is 0 Å². The summed E-state index contributed by atoms with van der Waals surface area (Å²) < 4.78 is 5.30. The topological polar surface area (TPSA) is 9.23 Å². The van der Waals surface area contributed by atoms with Gasteiger partial charge in [0.15, 0.2) is 0 Å². The molecule has 0 fully saturated rings. The molecule has 0 aliphatic carbocycles. The molecule has 0 saturated carbocycles. The highest BCUT2D eigenvalue weighted by Crippen LogP contribution is 2.34. The molecular formula is C26H23OP. The van der Waals surface area contributed by atoms with Crippen LogP contribution in [0.3, 0.4) is 0 Å². The number of hydrogen-bond acceptors (Lipinski definition) is 1. The van der Waals surface area contributed by atoms with Crippen LogP contribution in [0.15, 0.2) is 109 Å². The van der Waals surface area contributed by atoms with Gasteiger partial charge in [-0.2, -0.15) is 0 Å². The minimum absolute atomic E-state index is 0.597. The van der Waals surface area contributed by atoms with E-state index in [-0.39, 0.29) is 0 Å². The normalized spacial score (nSPS) is 10.8. The van der Waals surface area contributed by atoms with Crippen LogP contribution in [0.1, 0.15) is 11.1 Å². The van der Waals surface area contributed by atoms with Crippen LogP contribution in [0.5, 0.6) is 5.75 Å². The molecule has 1 nitrogen and oxygen atoms in total. The monoisotopic (exact) mass is 382 g/mol. The molecule has 0 radical (unpaired) electrons. The van der Waals surface area contributed by atoms with E-state index in [9.17, 15) is 0 Å². The van der Waals surface area contributed by atoms with E-state index >= 15 is 0 Å². The van der Waals surface area contributed by atoms with Crippen molar-refractivity contribution in [1.29, 1.82) is 0 Å². The van der Waals surface area contributed by atoms with Crippen molar-refractivity contribution >= 4 is 23.8 Å². The summed E-state index contributed by atoms with van der Waals surface area (Å²) in [5.74, 6) is 0.896. The van der Waals surface area contributed by atoms with Gasteiger partial charge in [-0.25, -0.2) is 0 Å². The molecule has 4 aromatic rings. The lowest BCUT2D eigenvalue weighted by Crippen LogP contribution is -2.23. The van der Waals surface area contributed by atoms with Crippen LogP contribution < -0.4 is 20.7 Å². The Morgan fingerprint density at radius 3 is 1.71 bits per heavy atom. The molecule has 0 bridgehead atoms. The maximum atomic E-state index is 5.30. The number of hydrogen-bond donors (Lipinski definition) is 0. The Bertz CT molecular complexity index is 971. The highest BCUT2D eigenvalue weighted by Gasteiger charge is 2.19. The van der Waals surface area contributed by atoms with Gasteiger partial charge < -0.3 is 4.74 Å². The summed E-state index contributed by atoms with van der Waals surface area (Å²) in [6, 6.07) is 39.0. The lowest BCUT2D eigenvalue weighted by Gasteiger charge is -2.22. The van der Waals surface area contributed by atoms with Gasteiger partial charge in [0.25, 0.3) is 0 Å². The van der Waals surface area contributed by atoms with Crippen molar-refractivity contribution in [2.75, 3.05) is 7.11 Å². The molecule has 0 heterocycles. The fraction of sp³-hybridized carbons (Fsp3) is 0.0769. The van der Waals surface area contributed by atoms with Crippen LogP contribution in [-0.4, -0.2) is 7.11 Å². The maximum absolute atomic E-state index is 5.30. The van der Waals surface area contributed by atoms with Crippen LogP contribution in [0.2, 0.25) is 0 Å². The predicted octanol–water partition coefficient (Wildman–Crippen LogP) is 5.04. The van der Waals surface area contributed by atoms with Gasteiger partial charge in [-0.3, -0.25) is 0 Å². The van der Waals surface area contributed by atoms with Crippen molar-refractivity contribution < 1.29 is 4.74 Å². The molecule has 0 unspecified atom stereocenters. The Labute approximate surface area is 168 Å². The highest BCUT2D eigenvalue weighted by molar-refractivity contribution is 7.79. The van der Waals surface area contributed by atoms with E-state index < -0.39 is 7.92 Å². The molecule has 4 aromatic carbocycles. The smallest absolute Gasteiger partial charge is 0.118 e. The average molecular weight is 382 g/mol. The van der Waals surface area contributed by atoms with E-state index in [1.54, 1.807) is 7.11 Å². The second kappa shape index (κ2) is 8.87. The molecule has 0 aliphatic heterocycles. The quantitative estimate of drug-likeness (QED) is 0.424. The molecule has 0 aromatic heterocycles. The number of ether oxygens (including phenoxy) is 1. The Kier molecular flexibility index (Phi) is 5.85. The van der Waals surface area contributed by atoms with Crippen LogP contribution in [0, 0.1) is 0 Å². The fourth-order valence-corrected chi connectivity index (χ4v) is 5.89. The van der Waals surface area contributed by atoms with Gasteiger partial charge in [-0.15, -0.1) is 0 Å². The van der Waals surface area contributed by atoms with Gasteiger partial charge in [0, 0.05) is 0 Å². The molecule has 0 aliphatic rings. The van der Waals surface area contributed by atoms with E-state index in [0.717, 1.165) is 12.2 Å². The minimum atomic E-state index is -0.597. The second-order valence-electron chi connectivity index (χ2n) is 6.66. The summed E-state index contributed by atoms with van der Waals surface area (Å²) >= 11 is 0. The second-order valence-corrected chi connectivity index (χ2v) is 8.85. The zero-order chi connectivity index (χ0) is 19.2. The minimum Gasteiger partial charge on any atom is -0.497 e. The zero-order valence-electron chi connectivity index (χ0n) is 16.0. The Morgan fingerprint density at radius 1 is 0.607 bits per heavy atom. The molecule has 0 amide bonds. The van der Waals surface area contributed by atoms with Gasteiger partial charge in [0.05, 0.1) is 7.11 Å². The van der Waals surface area contributed by atoms with Gasteiger partial charge >= 0.3 is 0 Å². The molecule has 138 valence electrons. The van der Waals surface area contributed by atoms with Crippen LogP contribution in [-0.2, 0) is 6.42 Å². The summed E-state index contributed by atoms with van der Waals surface area (Å²) in [6.07, 6.45) is 0.915. The third-order valence-electron chi connectivity index (χ3n) is 4.81. The first-order valence-corrected chi connectivity index (χ1v) is 10.8. The molecule has 0 N–H and O–H groups in total. The van der Waals surface area contributed by atoms with Gasteiger partial charge in [-0.05, 0) is 53.5 Å². The molecule has 2 heteroatoms. The van der Waals surface area contributed by atoms with Crippen LogP contribution in [0.25, 0.3) is 0 Å². The lowest BCUT2D eigenvalue weighted by atomic mass is 10.1. The van der Waals surface area contributed by atoms with E-state index in [4.69, 9.17) is 4.74 Å². The molecule has 0 atom stereocenters. The largest absolute Gasteiger partial charge is 0.497 e. The SMILES string of the molecule is COc1ccc(Cc2ccccc2P(c2ccccc2)c2ccccc2)cc1. The number of rotatable bonds is 6. The average Bonchev–Trinajstić information content (AvgIpc) is 2.77. The van der Waals surface area contributed by atoms with Crippen molar-refractivity contribution in [3.63, 3.8) is 0 Å². The van der Waals surface area contributed by atoms with Gasteiger partial charge in [0.1, 0.15) is 5.75 Å². The van der Waals surface area contributed by atoms with Gasteiger partial charge in [-0.1, -0.05) is 97.1 Å². The van der Waals surface area contributed by atoms with Crippen LogP contribution in [0.4, 0.5) is 0 Å². The summed E-state index contributed by atoms with van der Waals surface area (Å²) in [5, 5.41) is 4.18. The van der Waals surface area contributed by atoms with Gasteiger partial charge in [0.2, 0.25) is 0 Å². The summed E-state index contributed by atoms with van der Waals surface area (Å²) in [5.41, 5.74) is 2.68. The number of methoxy groups -OCH3 is 1. The van der Waals surface area contributed by atoms with Crippen molar-refractivity contribution in [3.05, 3.63) is 120 Å². The molecule has 28 heavy (non-hydrogen) atoms. The zero-order valence-corrected chi connectivity index (χ0v) is 16.8. The van der Waals surface area contributed by atoms with E-state index in [1.165, 1.54) is 27.0 Å². The number of benzene rings is 4. The first-order valence-electron chi connectivity index (χ1n) is 9.46. The molecular weight excluding hydrogens is 359 g/mol. The lowest BCUT2D eigenvalue weighted by molar-refractivity contribution is 0.414. The van der Waals surface area contributed by atoms with E-state index in [0.29, 0.717) is 0 Å². The Hall–Kier alpha value is -2.89. The van der Waals surface area contributed by atoms with Crippen molar-refractivity contribution in [3.8, 4) is 5.75 Å². The third kappa shape index (κ3) is 4.16. The van der Waals surface area contributed by atoms with Crippen molar-refractivity contribution in [2.45, 2.75) is 6.42 Å². The Morgan fingerprint density at radius 2 is 1.14 bits per heavy atom. The summed E-state index contributed by atoms with van der Waals surface area (Å²) in [6.45, 7) is 0. The maximum Gasteiger partial charge on any atom is 0.118 e. The Balaban J connectivity index is 1.77.